The molecule has 0 bridgehead atoms. The standard InChI is InChI=1S/C17H16N4O4/c1-12-5-7-13(8-6-12)25-11-9-18-16-15(21(23)24)17(22)20-10-3-2-4-14(20)19-16/h2-8,10,18H,9,11H2,1H3. The van der Waals surface area contributed by atoms with Crippen LogP contribution in [0.25, 0.3) is 5.65 Å². The van der Waals surface area contributed by atoms with E-state index in [1.165, 1.54) is 6.20 Å². The number of benzene rings is 1. The Morgan fingerprint density at radius 1 is 1.24 bits per heavy atom. The van der Waals surface area contributed by atoms with Crippen molar-refractivity contribution in [3.05, 3.63) is 74.7 Å². The van der Waals surface area contributed by atoms with E-state index in [0.29, 0.717) is 11.4 Å². The molecular weight excluding hydrogens is 324 g/mol. The van der Waals surface area contributed by atoms with E-state index in [1.807, 2.05) is 31.2 Å². The second-order valence-electron chi connectivity index (χ2n) is 5.39. The smallest absolute Gasteiger partial charge is 0.376 e. The largest absolute Gasteiger partial charge is 0.492 e. The SMILES string of the molecule is Cc1ccc(OCCNc2nc3ccccn3c(=O)c2[N+](=O)[O-])cc1. The monoisotopic (exact) mass is 340 g/mol. The van der Waals surface area contributed by atoms with Crippen molar-refractivity contribution in [3.63, 3.8) is 0 Å². The summed E-state index contributed by atoms with van der Waals surface area (Å²) in [6.45, 7) is 2.52. The van der Waals surface area contributed by atoms with Crippen LogP contribution in [0, 0.1) is 17.0 Å². The third-order valence-electron chi connectivity index (χ3n) is 3.58. The number of pyridine rings is 1. The molecule has 8 nitrogen and oxygen atoms in total. The van der Waals surface area contributed by atoms with Crippen LogP contribution in [0.3, 0.4) is 0 Å². The second kappa shape index (κ2) is 7.00. The first-order chi connectivity index (χ1) is 12.1. The molecule has 25 heavy (non-hydrogen) atoms. The van der Waals surface area contributed by atoms with Gasteiger partial charge in [-0.05, 0) is 31.2 Å². The Hall–Kier alpha value is -3.42. The molecule has 0 saturated heterocycles. The molecular formula is C17H16N4O4. The molecule has 0 fully saturated rings. The average Bonchev–Trinajstić information content (AvgIpc) is 2.60. The fourth-order valence-corrected chi connectivity index (χ4v) is 2.34. The molecule has 0 unspecified atom stereocenters. The molecule has 0 spiro atoms. The Labute approximate surface area is 142 Å². The third kappa shape index (κ3) is 3.57. The van der Waals surface area contributed by atoms with Crippen molar-refractivity contribution in [2.75, 3.05) is 18.5 Å². The maximum atomic E-state index is 12.3. The highest BCUT2D eigenvalue weighted by molar-refractivity contribution is 5.59. The zero-order valence-electron chi connectivity index (χ0n) is 13.5. The van der Waals surface area contributed by atoms with Crippen LogP contribution in [0.2, 0.25) is 0 Å². The number of ether oxygens (including phenoxy) is 1. The Kier molecular flexibility index (Phi) is 4.60. The number of aromatic nitrogens is 2. The molecule has 0 atom stereocenters. The molecule has 3 rings (SSSR count). The first kappa shape index (κ1) is 16.4. The number of hydrogen-bond acceptors (Lipinski definition) is 6. The normalized spacial score (nSPS) is 10.6. The Morgan fingerprint density at radius 2 is 2.00 bits per heavy atom. The summed E-state index contributed by atoms with van der Waals surface area (Å²) < 4.78 is 6.70. The zero-order valence-corrected chi connectivity index (χ0v) is 13.5. The van der Waals surface area contributed by atoms with E-state index in [9.17, 15) is 14.9 Å². The van der Waals surface area contributed by atoms with Crippen LogP contribution < -0.4 is 15.6 Å². The lowest BCUT2D eigenvalue weighted by molar-refractivity contribution is -0.385. The van der Waals surface area contributed by atoms with Gasteiger partial charge in [-0.15, -0.1) is 0 Å². The summed E-state index contributed by atoms with van der Waals surface area (Å²) in [7, 11) is 0. The van der Waals surface area contributed by atoms with Crippen LogP contribution in [0.4, 0.5) is 11.5 Å². The van der Waals surface area contributed by atoms with Crippen molar-refractivity contribution in [1.29, 1.82) is 0 Å². The van der Waals surface area contributed by atoms with Crippen LogP contribution in [0.1, 0.15) is 5.56 Å². The van der Waals surface area contributed by atoms with E-state index < -0.39 is 16.2 Å². The summed E-state index contributed by atoms with van der Waals surface area (Å²) >= 11 is 0. The fraction of sp³-hybridized carbons (Fsp3) is 0.176. The molecule has 0 amide bonds. The lowest BCUT2D eigenvalue weighted by Crippen LogP contribution is -2.22. The first-order valence-corrected chi connectivity index (χ1v) is 7.65. The van der Waals surface area contributed by atoms with E-state index in [-0.39, 0.29) is 19.0 Å². The van der Waals surface area contributed by atoms with Gasteiger partial charge in [0, 0.05) is 6.20 Å². The van der Waals surface area contributed by atoms with Crippen LogP contribution in [0.5, 0.6) is 5.75 Å². The van der Waals surface area contributed by atoms with Gasteiger partial charge in [0.25, 0.3) is 0 Å². The molecule has 0 saturated carbocycles. The number of nitro groups is 1. The average molecular weight is 340 g/mol. The lowest BCUT2D eigenvalue weighted by Gasteiger charge is -2.09. The van der Waals surface area contributed by atoms with Gasteiger partial charge in [-0.1, -0.05) is 23.8 Å². The van der Waals surface area contributed by atoms with Crippen molar-refractivity contribution < 1.29 is 9.66 Å². The Bertz CT molecular complexity index is 967. The van der Waals surface area contributed by atoms with E-state index in [4.69, 9.17) is 4.74 Å². The predicted octanol–water partition coefficient (Wildman–Crippen LogP) is 2.40. The van der Waals surface area contributed by atoms with E-state index in [1.54, 1.807) is 18.2 Å². The molecule has 0 aliphatic heterocycles. The number of anilines is 1. The van der Waals surface area contributed by atoms with E-state index >= 15 is 0 Å². The molecule has 2 aromatic heterocycles. The van der Waals surface area contributed by atoms with Gasteiger partial charge in [0.2, 0.25) is 5.82 Å². The summed E-state index contributed by atoms with van der Waals surface area (Å²) in [5.74, 6) is 0.641. The van der Waals surface area contributed by atoms with Gasteiger partial charge in [0.1, 0.15) is 18.0 Å². The van der Waals surface area contributed by atoms with Crippen molar-refractivity contribution in [3.8, 4) is 5.75 Å². The van der Waals surface area contributed by atoms with Gasteiger partial charge in [-0.2, -0.15) is 0 Å². The highest BCUT2D eigenvalue weighted by Crippen LogP contribution is 2.18. The van der Waals surface area contributed by atoms with E-state index in [0.717, 1.165) is 9.96 Å². The molecule has 3 aromatic rings. The maximum Gasteiger partial charge on any atom is 0.376 e. The van der Waals surface area contributed by atoms with Gasteiger partial charge in [0.15, 0.2) is 0 Å². The second-order valence-corrected chi connectivity index (χ2v) is 5.39. The Balaban J connectivity index is 1.76. The molecule has 0 aliphatic carbocycles. The molecule has 2 heterocycles. The number of nitrogens with one attached hydrogen (secondary N) is 1. The molecule has 0 aliphatic rings. The minimum absolute atomic E-state index is 0.0614. The van der Waals surface area contributed by atoms with Crippen molar-refractivity contribution in [2.24, 2.45) is 0 Å². The summed E-state index contributed by atoms with van der Waals surface area (Å²) in [4.78, 5) is 27.0. The number of aryl methyl sites for hydroxylation is 1. The predicted molar refractivity (Wildman–Crippen MR) is 93.3 cm³/mol. The van der Waals surface area contributed by atoms with E-state index in [2.05, 4.69) is 10.3 Å². The van der Waals surface area contributed by atoms with Gasteiger partial charge in [-0.25, -0.2) is 4.98 Å². The van der Waals surface area contributed by atoms with Crippen LogP contribution in [-0.2, 0) is 0 Å². The summed E-state index contributed by atoms with van der Waals surface area (Å²) in [6.07, 6.45) is 1.45. The van der Waals surface area contributed by atoms with Crippen LogP contribution in [0.15, 0.2) is 53.5 Å². The molecule has 1 N–H and O–H groups in total. The molecule has 0 radical (unpaired) electrons. The number of nitrogens with zero attached hydrogens (tertiary/aromatic N) is 3. The maximum absolute atomic E-state index is 12.3. The summed E-state index contributed by atoms with van der Waals surface area (Å²) in [5.41, 5.74) is 0.151. The lowest BCUT2D eigenvalue weighted by atomic mass is 10.2. The minimum Gasteiger partial charge on any atom is -0.492 e. The highest BCUT2D eigenvalue weighted by atomic mass is 16.6. The van der Waals surface area contributed by atoms with Crippen LogP contribution in [-0.4, -0.2) is 27.5 Å². The minimum atomic E-state index is -0.724. The molecule has 128 valence electrons. The molecule has 1 aromatic carbocycles. The van der Waals surface area contributed by atoms with Gasteiger partial charge in [-0.3, -0.25) is 19.3 Å². The fourth-order valence-electron chi connectivity index (χ4n) is 2.34. The third-order valence-corrected chi connectivity index (χ3v) is 3.58. The highest BCUT2D eigenvalue weighted by Gasteiger charge is 2.23. The van der Waals surface area contributed by atoms with Gasteiger partial charge < -0.3 is 10.1 Å². The molecule has 8 heteroatoms. The zero-order chi connectivity index (χ0) is 17.8. The van der Waals surface area contributed by atoms with Crippen molar-refractivity contribution >= 4 is 17.2 Å². The Morgan fingerprint density at radius 3 is 2.72 bits per heavy atom. The van der Waals surface area contributed by atoms with Crippen molar-refractivity contribution in [2.45, 2.75) is 6.92 Å². The van der Waals surface area contributed by atoms with Crippen molar-refractivity contribution in [1.82, 2.24) is 9.38 Å². The topological polar surface area (TPSA) is 98.8 Å². The first-order valence-electron chi connectivity index (χ1n) is 7.65. The summed E-state index contributed by atoms with van der Waals surface area (Å²) in [6, 6.07) is 12.5. The van der Waals surface area contributed by atoms with Gasteiger partial charge >= 0.3 is 11.2 Å². The number of rotatable bonds is 6. The number of fused-ring (bicyclic) bond motifs is 1. The van der Waals surface area contributed by atoms with Crippen LogP contribution >= 0.6 is 0 Å². The number of hydrogen-bond donors (Lipinski definition) is 1. The van der Waals surface area contributed by atoms with Gasteiger partial charge in [0.05, 0.1) is 11.5 Å². The summed E-state index contributed by atoms with van der Waals surface area (Å²) in [5, 5.41) is 14.1. The quantitative estimate of drug-likeness (QED) is 0.420.